The van der Waals surface area contributed by atoms with Crippen molar-refractivity contribution in [1.29, 1.82) is 0 Å². The predicted octanol–water partition coefficient (Wildman–Crippen LogP) is 0.0860. The summed E-state index contributed by atoms with van der Waals surface area (Å²) >= 11 is 6.37. The van der Waals surface area contributed by atoms with Gasteiger partial charge in [-0.2, -0.15) is 0 Å². The monoisotopic (exact) mass is 253 g/mol. The fourth-order valence-corrected chi connectivity index (χ4v) is 2.58. The Bertz CT molecular complexity index is 196. The van der Waals surface area contributed by atoms with Crippen molar-refractivity contribution in [3.63, 3.8) is 0 Å². The van der Waals surface area contributed by atoms with Crippen molar-refractivity contribution < 1.29 is 14.4 Å². The molecule has 0 aromatic heterocycles. The standard InChI is InChI=1S/C7H15NO3S2Si/c1-2-4-8-7(12)13-5-3-6-14(9,10)11/h2,9-11H,1,3-6H2,(H,8,12). The number of thioether (sulfide) groups is 1. The highest BCUT2D eigenvalue weighted by atomic mass is 32.2. The zero-order valence-electron chi connectivity index (χ0n) is 7.77. The van der Waals surface area contributed by atoms with Crippen molar-refractivity contribution in [3.8, 4) is 0 Å². The number of rotatable bonds is 6. The van der Waals surface area contributed by atoms with Crippen LogP contribution in [0.2, 0.25) is 6.04 Å². The van der Waals surface area contributed by atoms with Gasteiger partial charge in [0.25, 0.3) is 0 Å². The molecular weight excluding hydrogens is 238 g/mol. The summed E-state index contributed by atoms with van der Waals surface area (Å²) in [7, 11) is -3.85. The largest absolute Gasteiger partial charge is 0.492 e. The van der Waals surface area contributed by atoms with E-state index in [1.807, 2.05) is 0 Å². The lowest BCUT2D eigenvalue weighted by molar-refractivity contribution is 0.227. The first-order valence-electron chi connectivity index (χ1n) is 4.14. The van der Waals surface area contributed by atoms with E-state index < -0.39 is 8.80 Å². The molecule has 0 amide bonds. The molecule has 0 aromatic rings. The molecule has 0 fully saturated rings. The summed E-state index contributed by atoms with van der Waals surface area (Å²) in [5.74, 6) is 0.666. The molecule has 0 aliphatic carbocycles. The van der Waals surface area contributed by atoms with Crippen molar-refractivity contribution in [2.75, 3.05) is 12.3 Å². The van der Waals surface area contributed by atoms with Gasteiger partial charge in [0.1, 0.15) is 4.32 Å². The Hall–Kier alpha value is 0.0769. The van der Waals surface area contributed by atoms with Crippen LogP contribution >= 0.6 is 24.0 Å². The molecule has 4 nitrogen and oxygen atoms in total. The Morgan fingerprint density at radius 2 is 2.14 bits per heavy atom. The summed E-state index contributed by atoms with van der Waals surface area (Å²) in [5, 5.41) is 2.93. The molecule has 0 spiro atoms. The molecule has 82 valence electrons. The van der Waals surface area contributed by atoms with E-state index in [4.69, 9.17) is 26.6 Å². The maximum atomic E-state index is 8.70. The van der Waals surface area contributed by atoms with Gasteiger partial charge in [-0.25, -0.2) is 0 Å². The van der Waals surface area contributed by atoms with Crippen LogP contribution in [0.3, 0.4) is 0 Å². The lowest BCUT2D eigenvalue weighted by Gasteiger charge is -2.08. The van der Waals surface area contributed by atoms with E-state index in [1.54, 1.807) is 6.08 Å². The van der Waals surface area contributed by atoms with Gasteiger partial charge in [-0.15, -0.1) is 6.58 Å². The molecule has 0 bridgehead atoms. The van der Waals surface area contributed by atoms with Crippen LogP contribution in [0.1, 0.15) is 6.42 Å². The molecular formula is C7H15NO3S2Si. The Kier molecular flexibility index (Phi) is 7.42. The van der Waals surface area contributed by atoms with E-state index in [0.29, 0.717) is 23.0 Å². The molecule has 0 aliphatic heterocycles. The molecule has 0 aliphatic rings. The normalized spacial score (nSPS) is 11.1. The topological polar surface area (TPSA) is 72.7 Å². The third kappa shape index (κ3) is 10.2. The molecule has 0 saturated carbocycles. The van der Waals surface area contributed by atoms with Crippen LogP contribution in [0.25, 0.3) is 0 Å². The Morgan fingerprint density at radius 3 is 2.64 bits per heavy atom. The highest BCUT2D eigenvalue weighted by Gasteiger charge is 2.25. The van der Waals surface area contributed by atoms with Gasteiger partial charge in [0, 0.05) is 18.3 Å². The zero-order valence-corrected chi connectivity index (χ0v) is 10.4. The molecule has 0 atom stereocenters. The van der Waals surface area contributed by atoms with Crippen LogP contribution in [0.5, 0.6) is 0 Å². The summed E-state index contributed by atoms with van der Waals surface area (Å²) in [6.07, 6.45) is 2.25. The molecule has 0 unspecified atom stereocenters. The average molecular weight is 253 g/mol. The third-order valence-corrected chi connectivity index (χ3v) is 3.70. The first kappa shape index (κ1) is 14.1. The van der Waals surface area contributed by atoms with E-state index in [9.17, 15) is 0 Å². The maximum Gasteiger partial charge on any atom is 0.492 e. The number of nitrogens with one attached hydrogen (secondary N) is 1. The van der Waals surface area contributed by atoms with Crippen molar-refractivity contribution >= 4 is 37.1 Å². The van der Waals surface area contributed by atoms with E-state index in [0.717, 1.165) is 0 Å². The van der Waals surface area contributed by atoms with Gasteiger partial charge in [0.05, 0.1) is 0 Å². The second kappa shape index (κ2) is 7.38. The summed E-state index contributed by atoms with van der Waals surface area (Å²) < 4.78 is 0.658. The number of hydrogen-bond acceptors (Lipinski definition) is 5. The van der Waals surface area contributed by atoms with Gasteiger partial charge >= 0.3 is 8.80 Å². The van der Waals surface area contributed by atoms with Gasteiger partial charge in [-0.3, -0.25) is 0 Å². The smallest absolute Gasteiger partial charge is 0.390 e. The van der Waals surface area contributed by atoms with Gasteiger partial charge < -0.3 is 19.7 Å². The second-order valence-corrected chi connectivity index (χ2v) is 6.50. The van der Waals surface area contributed by atoms with Gasteiger partial charge in [-0.1, -0.05) is 30.1 Å². The Morgan fingerprint density at radius 1 is 1.50 bits per heavy atom. The van der Waals surface area contributed by atoms with E-state index in [2.05, 4.69) is 11.9 Å². The number of thiocarbonyl (C=S) groups is 1. The van der Waals surface area contributed by atoms with Crippen LogP contribution < -0.4 is 5.32 Å². The molecule has 7 heteroatoms. The molecule has 0 rings (SSSR count). The van der Waals surface area contributed by atoms with Crippen LogP contribution in [0.4, 0.5) is 0 Å². The van der Waals surface area contributed by atoms with Crippen molar-refractivity contribution in [3.05, 3.63) is 12.7 Å². The maximum absolute atomic E-state index is 8.70. The molecule has 0 aromatic carbocycles. The van der Waals surface area contributed by atoms with E-state index >= 15 is 0 Å². The summed E-state index contributed by atoms with van der Waals surface area (Å²) in [6.45, 7) is 4.17. The first-order chi connectivity index (χ1) is 6.45. The molecule has 0 radical (unpaired) electrons. The molecule has 4 N–H and O–H groups in total. The highest BCUT2D eigenvalue weighted by Crippen LogP contribution is 2.09. The van der Waals surface area contributed by atoms with Crippen LogP contribution in [0.15, 0.2) is 12.7 Å². The highest BCUT2D eigenvalue weighted by molar-refractivity contribution is 8.22. The van der Waals surface area contributed by atoms with E-state index in [-0.39, 0.29) is 6.04 Å². The predicted molar refractivity (Wildman–Crippen MR) is 65.1 cm³/mol. The Labute approximate surface area is 94.4 Å². The van der Waals surface area contributed by atoms with Crippen LogP contribution in [-0.2, 0) is 0 Å². The molecule has 0 saturated heterocycles. The van der Waals surface area contributed by atoms with Crippen LogP contribution in [0, 0.1) is 0 Å². The summed E-state index contributed by atoms with van der Waals surface area (Å²) in [4.78, 5) is 26.1. The third-order valence-electron chi connectivity index (χ3n) is 1.28. The summed E-state index contributed by atoms with van der Waals surface area (Å²) in [5.41, 5.74) is 0. The van der Waals surface area contributed by atoms with Crippen molar-refractivity contribution in [1.82, 2.24) is 5.32 Å². The average Bonchev–Trinajstić information content (AvgIpc) is 2.07. The molecule has 0 heterocycles. The number of hydrogen-bond donors (Lipinski definition) is 4. The van der Waals surface area contributed by atoms with Crippen molar-refractivity contribution in [2.45, 2.75) is 12.5 Å². The van der Waals surface area contributed by atoms with Gasteiger partial charge in [-0.05, 0) is 6.42 Å². The lowest BCUT2D eigenvalue weighted by Crippen LogP contribution is -2.34. The lowest BCUT2D eigenvalue weighted by atomic mass is 10.6. The minimum absolute atomic E-state index is 0.0596. The molecule has 14 heavy (non-hydrogen) atoms. The quantitative estimate of drug-likeness (QED) is 0.233. The van der Waals surface area contributed by atoms with E-state index in [1.165, 1.54) is 11.8 Å². The SMILES string of the molecule is C=CCNC(=S)SCCC[Si](O)(O)O. The first-order valence-corrected chi connectivity index (χ1v) is 7.58. The van der Waals surface area contributed by atoms with Gasteiger partial charge in [0.15, 0.2) is 0 Å². The van der Waals surface area contributed by atoms with Gasteiger partial charge in [0.2, 0.25) is 0 Å². The Balaban J connectivity index is 3.36. The zero-order chi connectivity index (χ0) is 11.0. The van der Waals surface area contributed by atoms with Crippen LogP contribution in [-0.4, -0.2) is 39.8 Å². The fraction of sp³-hybridized carbons (Fsp3) is 0.571. The fourth-order valence-electron chi connectivity index (χ4n) is 0.681. The minimum atomic E-state index is -3.85. The summed E-state index contributed by atoms with van der Waals surface area (Å²) in [6, 6.07) is 0.0596. The second-order valence-electron chi connectivity index (χ2n) is 2.68. The minimum Gasteiger partial charge on any atom is -0.390 e. The van der Waals surface area contributed by atoms with Crippen molar-refractivity contribution in [2.24, 2.45) is 0 Å².